The van der Waals surface area contributed by atoms with Gasteiger partial charge in [-0.3, -0.25) is 0 Å². The number of rotatable bonds is 0. The number of nitrogens with zero attached hydrogens (tertiary/aromatic N) is 1. The van der Waals surface area contributed by atoms with Crippen molar-refractivity contribution in [1.82, 2.24) is 0 Å². The van der Waals surface area contributed by atoms with E-state index >= 15 is 0 Å². The van der Waals surface area contributed by atoms with E-state index in [0.29, 0.717) is 0 Å². The van der Waals surface area contributed by atoms with E-state index in [9.17, 15) is 0 Å². The molecule has 12 heavy (non-hydrogen) atoms. The van der Waals surface area contributed by atoms with Crippen LogP contribution >= 0.6 is 0 Å². The summed E-state index contributed by atoms with van der Waals surface area (Å²) in [6.45, 7) is 0. The molecule has 2 heteroatoms. The van der Waals surface area contributed by atoms with Gasteiger partial charge in [-0.05, 0) is 17.5 Å². The molecule has 0 saturated carbocycles. The van der Waals surface area contributed by atoms with Crippen LogP contribution in [0.1, 0.15) is 11.1 Å². The fourth-order valence-electron chi connectivity index (χ4n) is 1.39. The van der Waals surface area contributed by atoms with Crippen molar-refractivity contribution < 1.29 is 0 Å². The maximum absolute atomic E-state index is 8.69. The first-order chi connectivity index (χ1) is 5.42. The minimum Gasteiger partial charge on any atom is -0.192 e. The Labute approximate surface area is 94.0 Å². The SMILES string of the molecule is N#CC1=CCc2ccccc21.[Na]. The molecule has 1 radical (unpaired) electrons. The third-order valence-corrected chi connectivity index (χ3v) is 1.95. The van der Waals surface area contributed by atoms with Gasteiger partial charge in [0.05, 0.1) is 11.6 Å². The maximum Gasteiger partial charge on any atom is 0.0994 e. The average molecular weight is 164 g/mol. The van der Waals surface area contributed by atoms with Crippen LogP contribution in [0.25, 0.3) is 5.57 Å². The van der Waals surface area contributed by atoms with Crippen molar-refractivity contribution in [3.8, 4) is 6.07 Å². The molecule has 0 bridgehead atoms. The van der Waals surface area contributed by atoms with Gasteiger partial charge < -0.3 is 0 Å². The summed E-state index contributed by atoms with van der Waals surface area (Å²) in [4.78, 5) is 0. The molecular weight excluding hydrogens is 157 g/mol. The summed E-state index contributed by atoms with van der Waals surface area (Å²) in [5, 5.41) is 8.69. The first-order valence-electron chi connectivity index (χ1n) is 3.60. The molecule has 1 aliphatic rings. The number of hydrogen-bond donors (Lipinski definition) is 0. The summed E-state index contributed by atoms with van der Waals surface area (Å²) >= 11 is 0. The first kappa shape index (κ1) is 9.54. The number of benzene rings is 1. The molecule has 0 spiro atoms. The number of fused-ring (bicyclic) bond motifs is 1. The molecular formula is C10H7NNa. The van der Waals surface area contributed by atoms with Crippen molar-refractivity contribution >= 4 is 35.1 Å². The summed E-state index contributed by atoms with van der Waals surface area (Å²) < 4.78 is 0. The Balaban J connectivity index is 0.000000720. The Morgan fingerprint density at radius 2 is 2.00 bits per heavy atom. The Hall–Kier alpha value is -0.550. The van der Waals surface area contributed by atoms with Gasteiger partial charge in [0.15, 0.2) is 0 Å². The monoisotopic (exact) mass is 164 g/mol. The van der Waals surface area contributed by atoms with E-state index in [4.69, 9.17) is 5.26 Å². The van der Waals surface area contributed by atoms with Gasteiger partial charge in [0, 0.05) is 29.6 Å². The van der Waals surface area contributed by atoms with Crippen LogP contribution in [0.15, 0.2) is 30.3 Å². The molecule has 53 valence electrons. The summed E-state index contributed by atoms with van der Waals surface area (Å²) in [6.07, 6.45) is 2.89. The van der Waals surface area contributed by atoms with Gasteiger partial charge in [0.2, 0.25) is 0 Å². The van der Waals surface area contributed by atoms with E-state index in [1.807, 2.05) is 24.3 Å². The van der Waals surface area contributed by atoms with Gasteiger partial charge in [0.1, 0.15) is 0 Å². The van der Waals surface area contributed by atoms with Crippen molar-refractivity contribution in [2.24, 2.45) is 0 Å². The second-order valence-corrected chi connectivity index (χ2v) is 2.59. The second kappa shape index (κ2) is 3.91. The van der Waals surface area contributed by atoms with Gasteiger partial charge in [-0.1, -0.05) is 30.3 Å². The largest absolute Gasteiger partial charge is 0.192 e. The first-order valence-corrected chi connectivity index (χ1v) is 3.60. The van der Waals surface area contributed by atoms with Crippen LogP contribution in [0.5, 0.6) is 0 Å². The van der Waals surface area contributed by atoms with Crippen molar-refractivity contribution in [1.29, 1.82) is 5.26 Å². The third kappa shape index (κ3) is 1.47. The zero-order valence-electron chi connectivity index (χ0n) is 7.04. The molecule has 2 rings (SSSR count). The molecule has 1 aromatic carbocycles. The number of allylic oxidation sites excluding steroid dienone is 2. The zero-order valence-corrected chi connectivity index (χ0v) is 9.04. The van der Waals surface area contributed by atoms with E-state index in [2.05, 4.69) is 12.1 Å². The summed E-state index contributed by atoms with van der Waals surface area (Å²) in [5.74, 6) is 0. The predicted molar refractivity (Wildman–Crippen MR) is 49.5 cm³/mol. The summed E-state index contributed by atoms with van der Waals surface area (Å²) in [7, 11) is 0. The predicted octanol–water partition coefficient (Wildman–Crippen LogP) is 1.77. The average Bonchev–Trinajstić information content (AvgIpc) is 2.47. The summed E-state index contributed by atoms with van der Waals surface area (Å²) in [5.41, 5.74) is 3.19. The van der Waals surface area contributed by atoms with Crippen LogP contribution in [0.4, 0.5) is 0 Å². The van der Waals surface area contributed by atoms with Crippen molar-refractivity contribution in [2.45, 2.75) is 6.42 Å². The standard InChI is InChI=1S/C10H7N.Na/c11-7-9-6-5-8-3-1-2-4-10(8)9;/h1-4,6H,5H2;. The van der Waals surface area contributed by atoms with E-state index in [0.717, 1.165) is 17.6 Å². The number of nitriles is 1. The molecule has 1 aliphatic carbocycles. The summed E-state index contributed by atoms with van der Waals surface area (Å²) in [6, 6.07) is 10.2. The molecule has 0 aromatic heterocycles. The molecule has 1 aromatic rings. The smallest absolute Gasteiger partial charge is 0.0994 e. The molecule has 0 aliphatic heterocycles. The van der Waals surface area contributed by atoms with Crippen molar-refractivity contribution in [3.63, 3.8) is 0 Å². The van der Waals surface area contributed by atoms with Crippen LogP contribution in [0, 0.1) is 11.3 Å². The van der Waals surface area contributed by atoms with Gasteiger partial charge in [-0.25, -0.2) is 0 Å². The topological polar surface area (TPSA) is 23.8 Å². The molecule has 0 saturated heterocycles. The zero-order chi connectivity index (χ0) is 7.68. The van der Waals surface area contributed by atoms with Crippen molar-refractivity contribution in [2.75, 3.05) is 0 Å². The molecule has 0 unspecified atom stereocenters. The van der Waals surface area contributed by atoms with Gasteiger partial charge in [-0.15, -0.1) is 0 Å². The minimum absolute atomic E-state index is 0. The Bertz CT molecular complexity index is 360. The van der Waals surface area contributed by atoms with E-state index in [1.54, 1.807) is 0 Å². The van der Waals surface area contributed by atoms with Crippen LogP contribution in [0.3, 0.4) is 0 Å². The molecule has 1 nitrogen and oxygen atoms in total. The maximum atomic E-state index is 8.69. The van der Waals surface area contributed by atoms with E-state index < -0.39 is 0 Å². The quantitative estimate of drug-likeness (QED) is 0.536. The van der Waals surface area contributed by atoms with Gasteiger partial charge >= 0.3 is 0 Å². The Morgan fingerprint density at radius 3 is 2.75 bits per heavy atom. The van der Waals surface area contributed by atoms with Crippen LogP contribution < -0.4 is 0 Å². The molecule has 0 amide bonds. The normalized spacial score (nSPS) is 12.4. The molecule has 0 atom stereocenters. The molecule has 0 N–H and O–H groups in total. The van der Waals surface area contributed by atoms with E-state index in [-0.39, 0.29) is 29.6 Å². The van der Waals surface area contributed by atoms with Crippen LogP contribution in [0.2, 0.25) is 0 Å². The fourth-order valence-corrected chi connectivity index (χ4v) is 1.39. The van der Waals surface area contributed by atoms with E-state index in [1.165, 1.54) is 5.56 Å². The van der Waals surface area contributed by atoms with Crippen molar-refractivity contribution in [3.05, 3.63) is 41.5 Å². The van der Waals surface area contributed by atoms with Crippen LogP contribution in [-0.4, -0.2) is 29.6 Å². The molecule has 0 fully saturated rings. The van der Waals surface area contributed by atoms with Gasteiger partial charge in [-0.2, -0.15) is 5.26 Å². The Morgan fingerprint density at radius 1 is 1.25 bits per heavy atom. The Kier molecular flexibility index (Phi) is 3.11. The fraction of sp³-hybridized carbons (Fsp3) is 0.100. The molecule has 0 heterocycles. The van der Waals surface area contributed by atoms with Crippen LogP contribution in [-0.2, 0) is 6.42 Å². The second-order valence-electron chi connectivity index (χ2n) is 2.59. The minimum atomic E-state index is 0. The third-order valence-electron chi connectivity index (χ3n) is 1.95. The van der Waals surface area contributed by atoms with Gasteiger partial charge in [0.25, 0.3) is 0 Å². The number of hydrogen-bond acceptors (Lipinski definition) is 1.